The number of hydrogen-bond acceptors (Lipinski definition) is 4. The Bertz CT molecular complexity index is 758. The summed E-state index contributed by atoms with van der Waals surface area (Å²) in [4.78, 5) is 4.24. The number of pyridine rings is 1. The Kier molecular flexibility index (Phi) is 4.01. The SMILES string of the molecule is O=S(=O)(Nc1ccc(Cl)c2cccnc12)C1CCCNC1. The van der Waals surface area contributed by atoms with Crippen molar-refractivity contribution in [2.24, 2.45) is 0 Å². The zero-order valence-corrected chi connectivity index (χ0v) is 12.9. The lowest BCUT2D eigenvalue weighted by atomic mass is 10.2. The molecule has 2 N–H and O–H groups in total. The highest BCUT2D eigenvalue weighted by Gasteiger charge is 2.27. The zero-order chi connectivity index (χ0) is 14.9. The predicted molar refractivity (Wildman–Crippen MR) is 85.2 cm³/mol. The maximum atomic E-state index is 12.5. The molecule has 3 rings (SSSR count). The summed E-state index contributed by atoms with van der Waals surface area (Å²) in [6.45, 7) is 1.35. The van der Waals surface area contributed by atoms with Crippen LogP contribution in [0.15, 0.2) is 30.5 Å². The van der Waals surface area contributed by atoms with Crippen LogP contribution in [0.2, 0.25) is 5.02 Å². The van der Waals surface area contributed by atoms with Crippen LogP contribution in [-0.4, -0.2) is 31.7 Å². The van der Waals surface area contributed by atoms with Gasteiger partial charge in [0.05, 0.1) is 21.5 Å². The second-order valence-electron chi connectivity index (χ2n) is 5.11. The summed E-state index contributed by atoms with van der Waals surface area (Å²) in [5.74, 6) is 0. The number of anilines is 1. The predicted octanol–water partition coefficient (Wildman–Crippen LogP) is 2.38. The maximum absolute atomic E-state index is 12.5. The third-order valence-electron chi connectivity index (χ3n) is 3.66. The molecule has 0 aliphatic carbocycles. The van der Waals surface area contributed by atoms with Crippen LogP contribution in [0.4, 0.5) is 5.69 Å². The lowest BCUT2D eigenvalue weighted by molar-refractivity contribution is 0.499. The second kappa shape index (κ2) is 5.79. The summed E-state index contributed by atoms with van der Waals surface area (Å²) < 4.78 is 27.6. The van der Waals surface area contributed by atoms with Crippen LogP contribution in [0.5, 0.6) is 0 Å². The van der Waals surface area contributed by atoms with Gasteiger partial charge in [-0.15, -0.1) is 0 Å². The minimum Gasteiger partial charge on any atom is -0.315 e. The van der Waals surface area contributed by atoms with Crippen molar-refractivity contribution in [3.8, 4) is 0 Å². The third kappa shape index (κ3) is 2.97. The highest BCUT2D eigenvalue weighted by Crippen LogP contribution is 2.29. The number of nitrogens with zero attached hydrogens (tertiary/aromatic N) is 1. The van der Waals surface area contributed by atoms with Crippen LogP contribution < -0.4 is 10.0 Å². The molecule has 1 aliphatic heterocycles. The van der Waals surface area contributed by atoms with Gasteiger partial charge in [-0.05, 0) is 43.7 Å². The molecule has 0 spiro atoms. The first-order valence-electron chi connectivity index (χ1n) is 6.83. The Morgan fingerprint density at radius 1 is 1.33 bits per heavy atom. The Morgan fingerprint density at radius 2 is 2.19 bits per heavy atom. The fourth-order valence-electron chi connectivity index (χ4n) is 2.54. The van der Waals surface area contributed by atoms with Crippen LogP contribution in [0.3, 0.4) is 0 Å². The average Bonchev–Trinajstić information content (AvgIpc) is 2.51. The number of rotatable bonds is 3. The number of halogens is 1. The molecule has 1 aromatic carbocycles. The van der Waals surface area contributed by atoms with Gasteiger partial charge in [-0.25, -0.2) is 8.42 Å². The highest BCUT2D eigenvalue weighted by molar-refractivity contribution is 7.93. The van der Waals surface area contributed by atoms with E-state index < -0.39 is 15.3 Å². The molecule has 0 saturated carbocycles. The number of sulfonamides is 1. The van der Waals surface area contributed by atoms with E-state index in [0.29, 0.717) is 29.2 Å². The molecule has 1 fully saturated rings. The topological polar surface area (TPSA) is 71.1 Å². The van der Waals surface area contributed by atoms with Crippen molar-refractivity contribution >= 4 is 38.2 Å². The molecule has 2 aromatic rings. The van der Waals surface area contributed by atoms with Crippen molar-refractivity contribution in [1.82, 2.24) is 10.3 Å². The molecular formula is C14H16ClN3O2S. The summed E-state index contributed by atoms with van der Waals surface area (Å²) in [5.41, 5.74) is 1.04. The lowest BCUT2D eigenvalue weighted by Crippen LogP contribution is -2.41. The molecule has 2 heterocycles. The fourth-order valence-corrected chi connectivity index (χ4v) is 4.21. The first kappa shape index (κ1) is 14.6. The second-order valence-corrected chi connectivity index (χ2v) is 7.48. The minimum absolute atomic E-state index is 0.416. The number of piperidine rings is 1. The molecule has 0 radical (unpaired) electrons. The van der Waals surface area contributed by atoms with Crippen molar-refractivity contribution in [2.75, 3.05) is 17.8 Å². The van der Waals surface area contributed by atoms with E-state index in [0.717, 1.165) is 18.4 Å². The molecule has 1 unspecified atom stereocenters. The summed E-state index contributed by atoms with van der Waals surface area (Å²) in [6, 6.07) is 6.94. The molecule has 1 aromatic heterocycles. The number of benzene rings is 1. The van der Waals surface area contributed by atoms with Gasteiger partial charge in [0.15, 0.2) is 0 Å². The van der Waals surface area contributed by atoms with E-state index in [1.54, 1.807) is 24.4 Å². The fraction of sp³-hybridized carbons (Fsp3) is 0.357. The summed E-state index contributed by atoms with van der Waals surface area (Å²) in [5, 5.41) is 3.99. The monoisotopic (exact) mass is 325 g/mol. The molecule has 112 valence electrons. The Labute approximate surface area is 128 Å². The Morgan fingerprint density at radius 3 is 2.95 bits per heavy atom. The van der Waals surface area contributed by atoms with Crippen molar-refractivity contribution < 1.29 is 8.42 Å². The minimum atomic E-state index is -3.44. The summed E-state index contributed by atoms with van der Waals surface area (Å²) >= 11 is 6.12. The zero-order valence-electron chi connectivity index (χ0n) is 11.3. The van der Waals surface area contributed by atoms with Crippen molar-refractivity contribution in [3.63, 3.8) is 0 Å². The van der Waals surface area contributed by atoms with E-state index in [1.165, 1.54) is 0 Å². The van der Waals surface area contributed by atoms with Crippen LogP contribution in [0, 0.1) is 0 Å². The summed E-state index contributed by atoms with van der Waals surface area (Å²) in [7, 11) is -3.44. The van der Waals surface area contributed by atoms with E-state index in [4.69, 9.17) is 11.6 Å². The molecule has 21 heavy (non-hydrogen) atoms. The quantitative estimate of drug-likeness (QED) is 0.909. The van der Waals surface area contributed by atoms with Gasteiger partial charge in [-0.3, -0.25) is 9.71 Å². The smallest absolute Gasteiger partial charge is 0.236 e. The van der Waals surface area contributed by atoms with Crippen LogP contribution >= 0.6 is 11.6 Å². The molecule has 1 aliphatic rings. The largest absolute Gasteiger partial charge is 0.315 e. The molecule has 0 bridgehead atoms. The van der Waals surface area contributed by atoms with Crippen molar-refractivity contribution in [2.45, 2.75) is 18.1 Å². The number of hydrogen-bond donors (Lipinski definition) is 2. The standard InChI is InChI=1S/C14H16ClN3O2S/c15-12-5-6-13(14-11(12)4-2-8-17-14)18-21(19,20)10-3-1-7-16-9-10/h2,4-6,8,10,16,18H,1,3,7,9H2. The van der Waals surface area contributed by atoms with E-state index in [9.17, 15) is 8.42 Å². The van der Waals surface area contributed by atoms with Crippen molar-refractivity contribution in [1.29, 1.82) is 0 Å². The van der Waals surface area contributed by atoms with Crippen LogP contribution in [-0.2, 0) is 10.0 Å². The average molecular weight is 326 g/mol. The maximum Gasteiger partial charge on any atom is 0.236 e. The van der Waals surface area contributed by atoms with Gasteiger partial charge in [-0.2, -0.15) is 0 Å². The molecule has 1 saturated heterocycles. The normalized spacial score (nSPS) is 19.6. The first-order valence-corrected chi connectivity index (χ1v) is 8.76. The number of fused-ring (bicyclic) bond motifs is 1. The van der Waals surface area contributed by atoms with Crippen molar-refractivity contribution in [3.05, 3.63) is 35.5 Å². The van der Waals surface area contributed by atoms with Gasteiger partial charge in [0, 0.05) is 18.1 Å². The van der Waals surface area contributed by atoms with E-state index in [1.807, 2.05) is 6.07 Å². The molecule has 7 heteroatoms. The first-order chi connectivity index (χ1) is 10.1. The highest BCUT2D eigenvalue weighted by atomic mass is 35.5. The van der Waals surface area contributed by atoms with E-state index in [2.05, 4.69) is 15.0 Å². The van der Waals surface area contributed by atoms with Gasteiger partial charge in [0.2, 0.25) is 10.0 Å². The van der Waals surface area contributed by atoms with Crippen LogP contribution in [0.25, 0.3) is 10.9 Å². The van der Waals surface area contributed by atoms with Gasteiger partial charge in [0.1, 0.15) is 0 Å². The van der Waals surface area contributed by atoms with Gasteiger partial charge in [0.25, 0.3) is 0 Å². The Hall–Kier alpha value is -1.37. The number of aromatic nitrogens is 1. The molecule has 5 nitrogen and oxygen atoms in total. The molecular weight excluding hydrogens is 310 g/mol. The summed E-state index contributed by atoms with van der Waals surface area (Å²) in [6.07, 6.45) is 3.16. The lowest BCUT2D eigenvalue weighted by Gasteiger charge is -2.23. The number of nitrogens with one attached hydrogen (secondary N) is 2. The van der Waals surface area contributed by atoms with Gasteiger partial charge >= 0.3 is 0 Å². The van der Waals surface area contributed by atoms with Crippen LogP contribution in [0.1, 0.15) is 12.8 Å². The Balaban J connectivity index is 1.96. The molecule has 1 atom stereocenters. The van der Waals surface area contributed by atoms with Gasteiger partial charge < -0.3 is 5.32 Å². The van der Waals surface area contributed by atoms with Gasteiger partial charge in [-0.1, -0.05) is 11.6 Å². The third-order valence-corrected chi connectivity index (χ3v) is 5.77. The van der Waals surface area contributed by atoms with E-state index in [-0.39, 0.29) is 0 Å². The van der Waals surface area contributed by atoms with E-state index >= 15 is 0 Å². The molecule has 0 amide bonds.